The Kier molecular flexibility index (Phi) is 6.40. The summed E-state index contributed by atoms with van der Waals surface area (Å²) in [4.78, 5) is 40.3. The molecular weight excluding hydrogens is 502 g/mol. The maximum absolute atomic E-state index is 13.6. The SMILES string of the molecule is Cc1ccc(-c2ccccc2C(=O)Nc2ccc(C(=O)N3CCCc4cn(C(=O)O)c5cccc3c45)cc2)cc1. The van der Waals surface area contributed by atoms with E-state index < -0.39 is 6.09 Å². The topological polar surface area (TPSA) is 91.6 Å². The van der Waals surface area contributed by atoms with E-state index in [-0.39, 0.29) is 11.8 Å². The summed E-state index contributed by atoms with van der Waals surface area (Å²) in [6, 6.07) is 27.8. The molecule has 2 heterocycles. The molecule has 0 radical (unpaired) electrons. The molecule has 0 atom stereocenters. The third kappa shape index (κ3) is 4.52. The summed E-state index contributed by atoms with van der Waals surface area (Å²) in [5.41, 5.74) is 6.79. The molecule has 2 amide bonds. The Morgan fingerprint density at radius 2 is 1.60 bits per heavy atom. The van der Waals surface area contributed by atoms with E-state index in [4.69, 9.17) is 0 Å². The van der Waals surface area contributed by atoms with Crippen LogP contribution in [0.2, 0.25) is 0 Å². The van der Waals surface area contributed by atoms with Crippen LogP contribution in [0.15, 0.2) is 97.2 Å². The zero-order valence-electron chi connectivity index (χ0n) is 21.9. The number of aromatic nitrogens is 1. The van der Waals surface area contributed by atoms with Crippen LogP contribution in [0, 0.1) is 6.92 Å². The Labute approximate surface area is 231 Å². The summed E-state index contributed by atoms with van der Waals surface area (Å²) in [6.45, 7) is 2.55. The molecule has 1 aliphatic heterocycles. The Morgan fingerprint density at radius 1 is 0.850 bits per heavy atom. The van der Waals surface area contributed by atoms with Crippen LogP contribution in [-0.4, -0.2) is 34.1 Å². The van der Waals surface area contributed by atoms with Crippen molar-refractivity contribution in [1.82, 2.24) is 4.57 Å². The molecule has 0 bridgehead atoms. The van der Waals surface area contributed by atoms with Gasteiger partial charge in [0.1, 0.15) is 0 Å². The van der Waals surface area contributed by atoms with Crippen molar-refractivity contribution in [2.24, 2.45) is 0 Å². The second-order valence-corrected chi connectivity index (χ2v) is 9.98. The van der Waals surface area contributed by atoms with Crippen molar-refractivity contribution in [3.63, 3.8) is 0 Å². The highest BCUT2D eigenvalue weighted by atomic mass is 16.4. The van der Waals surface area contributed by atoms with E-state index in [0.29, 0.717) is 47.4 Å². The first-order chi connectivity index (χ1) is 19.4. The molecule has 0 unspecified atom stereocenters. The number of nitrogens with one attached hydrogen (secondary N) is 1. The van der Waals surface area contributed by atoms with Crippen molar-refractivity contribution < 1.29 is 19.5 Å². The summed E-state index contributed by atoms with van der Waals surface area (Å²) in [6.07, 6.45) is 2.00. The summed E-state index contributed by atoms with van der Waals surface area (Å²) in [7, 11) is 0. The number of carbonyl (C=O) groups excluding carboxylic acids is 2. The van der Waals surface area contributed by atoms with Crippen molar-refractivity contribution >= 4 is 40.2 Å². The lowest BCUT2D eigenvalue weighted by Crippen LogP contribution is -2.31. The largest absolute Gasteiger partial charge is 0.464 e. The highest BCUT2D eigenvalue weighted by Gasteiger charge is 2.26. The smallest absolute Gasteiger partial charge is 0.416 e. The van der Waals surface area contributed by atoms with Gasteiger partial charge in [-0.15, -0.1) is 0 Å². The lowest BCUT2D eigenvalue weighted by Gasteiger charge is -2.22. The zero-order chi connectivity index (χ0) is 27.8. The zero-order valence-corrected chi connectivity index (χ0v) is 21.9. The lowest BCUT2D eigenvalue weighted by molar-refractivity contribution is 0.0986. The molecule has 4 aromatic carbocycles. The van der Waals surface area contributed by atoms with Crippen LogP contribution < -0.4 is 10.2 Å². The number of hydrogen-bond donors (Lipinski definition) is 2. The van der Waals surface area contributed by atoms with E-state index in [2.05, 4.69) is 5.32 Å². The predicted octanol–water partition coefficient (Wildman–Crippen LogP) is 6.99. The van der Waals surface area contributed by atoms with Crippen LogP contribution >= 0.6 is 0 Å². The standard InChI is InChI=1S/C33H27N3O4/c1-21-11-13-22(14-12-21)26-7-2-3-8-27(26)31(37)34-25-17-15-23(16-18-25)32(38)35-19-5-6-24-20-36(33(39)40)29-10-4-9-28(35)30(24)29/h2-4,7-18,20H,5-6,19H2,1H3,(H,34,37)(H,39,40). The van der Waals surface area contributed by atoms with Crippen LogP contribution in [0.25, 0.3) is 22.0 Å². The van der Waals surface area contributed by atoms with Crippen molar-refractivity contribution in [1.29, 1.82) is 0 Å². The number of rotatable bonds is 4. The number of carbonyl (C=O) groups is 3. The molecule has 7 nitrogen and oxygen atoms in total. The molecule has 0 saturated heterocycles. The van der Waals surface area contributed by atoms with E-state index >= 15 is 0 Å². The molecule has 1 aromatic heterocycles. The third-order valence-electron chi connectivity index (χ3n) is 7.38. The Morgan fingerprint density at radius 3 is 2.35 bits per heavy atom. The lowest BCUT2D eigenvalue weighted by atomic mass is 9.98. The average Bonchev–Trinajstić information content (AvgIpc) is 3.24. The molecule has 0 saturated carbocycles. The molecule has 6 rings (SSSR count). The fourth-order valence-corrected chi connectivity index (χ4v) is 5.40. The Hall–Kier alpha value is -5.17. The fraction of sp³-hybridized carbons (Fsp3) is 0.121. The van der Waals surface area contributed by atoms with Crippen molar-refractivity contribution in [2.75, 3.05) is 16.8 Å². The van der Waals surface area contributed by atoms with Gasteiger partial charge in [0.15, 0.2) is 0 Å². The molecule has 7 heteroatoms. The van der Waals surface area contributed by atoms with Gasteiger partial charge in [-0.05, 0) is 78.9 Å². The van der Waals surface area contributed by atoms with Gasteiger partial charge in [-0.1, -0.05) is 54.1 Å². The molecule has 0 aliphatic carbocycles. The van der Waals surface area contributed by atoms with E-state index in [9.17, 15) is 19.5 Å². The van der Waals surface area contributed by atoms with Gasteiger partial charge in [0.2, 0.25) is 0 Å². The normalized spacial score (nSPS) is 12.7. The van der Waals surface area contributed by atoms with Gasteiger partial charge in [0.05, 0.1) is 11.2 Å². The highest BCUT2D eigenvalue weighted by Crippen LogP contribution is 2.35. The van der Waals surface area contributed by atoms with E-state index in [0.717, 1.165) is 27.6 Å². The van der Waals surface area contributed by atoms with Crippen molar-refractivity contribution in [3.8, 4) is 11.1 Å². The summed E-state index contributed by atoms with van der Waals surface area (Å²) < 4.78 is 1.22. The van der Waals surface area contributed by atoms with Gasteiger partial charge in [-0.25, -0.2) is 4.79 Å². The highest BCUT2D eigenvalue weighted by molar-refractivity contribution is 6.13. The van der Waals surface area contributed by atoms with Crippen LogP contribution in [0.3, 0.4) is 0 Å². The monoisotopic (exact) mass is 529 g/mol. The number of carboxylic acid groups (broad SMARTS) is 1. The molecular formula is C33H27N3O4. The first kappa shape index (κ1) is 25.1. The minimum absolute atomic E-state index is 0.175. The maximum Gasteiger partial charge on any atom is 0.416 e. The van der Waals surface area contributed by atoms with E-state index in [1.165, 1.54) is 4.57 Å². The van der Waals surface area contributed by atoms with Crippen molar-refractivity contribution in [3.05, 3.63) is 119 Å². The van der Waals surface area contributed by atoms with Gasteiger partial charge < -0.3 is 15.3 Å². The Bertz CT molecular complexity index is 1770. The summed E-state index contributed by atoms with van der Waals surface area (Å²) in [5.74, 6) is -0.407. The molecule has 40 heavy (non-hydrogen) atoms. The van der Waals surface area contributed by atoms with Gasteiger partial charge in [0, 0.05) is 34.9 Å². The molecule has 0 fully saturated rings. The number of anilines is 2. The van der Waals surface area contributed by atoms with Crippen LogP contribution in [0.1, 0.15) is 38.3 Å². The van der Waals surface area contributed by atoms with Gasteiger partial charge in [0.25, 0.3) is 11.8 Å². The first-order valence-electron chi connectivity index (χ1n) is 13.2. The minimum atomic E-state index is -1.05. The molecule has 5 aromatic rings. The second kappa shape index (κ2) is 10.2. The molecule has 198 valence electrons. The van der Waals surface area contributed by atoms with Gasteiger partial charge in [-0.2, -0.15) is 0 Å². The fourth-order valence-electron chi connectivity index (χ4n) is 5.40. The third-order valence-corrected chi connectivity index (χ3v) is 7.38. The predicted molar refractivity (Wildman–Crippen MR) is 156 cm³/mol. The first-order valence-corrected chi connectivity index (χ1v) is 13.2. The van der Waals surface area contributed by atoms with Crippen LogP contribution in [0.5, 0.6) is 0 Å². The van der Waals surface area contributed by atoms with Gasteiger partial charge in [-0.3, -0.25) is 14.2 Å². The van der Waals surface area contributed by atoms with Crippen LogP contribution in [0.4, 0.5) is 16.2 Å². The Balaban J connectivity index is 1.24. The quantitative estimate of drug-likeness (QED) is 0.263. The number of hydrogen-bond acceptors (Lipinski definition) is 3. The van der Waals surface area contributed by atoms with E-state index in [1.54, 1.807) is 53.6 Å². The van der Waals surface area contributed by atoms with E-state index in [1.807, 2.05) is 55.5 Å². The maximum atomic E-state index is 13.6. The average molecular weight is 530 g/mol. The number of amides is 2. The number of nitrogens with zero attached hydrogens (tertiary/aromatic N) is 2. The number of aryl methyl sites for hydroxylation is 2. The number of benzene rings is 4. The molecule has 1 aliphatic rings. The summed E-state index contributed by atoms with van der Waals surface area (Å²) in [5, 5.41) is 13.4. The second-order valence-electron chi connectivity index (χ2n) is 9.98. The summed E-state index contributed by atoms with van der Waals surface area (Å²) >= 11 is 0. The minimum Gasteiger partial charge on any atom is -0.464 e. The van der Waals surface area contributed by atoms with Crippen molar-refractivity contribution in [2.45, 2.75) is 19.8 Å². The molecule has 0 spiro atoms. The van der Waals surface area contributed by atoms with Gasteiger partial charge >= 0.3 is 6.09 Å². The molecule has 2 N–H and O–H groups in total. The van der Waals surface area contributed by atoms with Crippen LogP contribution in [-0.2, 0) is 6.42 Å².